The second-order valence-electron chi connectivity index (χ2n) is 4.55. The summed E-state index contributed by atoms with van der Waals surface area (Å²) < 4.78 is 5.66. The molecule has 18 heavy (non-hydrogen) atoms. The van der Waals surface area contributed by atoms with Gasteiger partial charge >= 0.3 is 0 Å². The smallest absolute Gasteiger partial charge is 0.134 e. The number of anilines is 1. The van der Waals surface area contributed by atoms with Gasteiger partial charge in [-0.1, -0.05) is 13.8 Å². The first-order valence-electron chi connectivity index (χ1n) is 5.86. The van der Waals surface area contributed by atoms with Gasteiger partial charge in [-0.05, 0) is 15.9 Å². The lowest BCUT2D eigenvalue weighted by Gasteiger charge is -2.22. The minimum atomic E-state index is -0.531. The fourth-order valence-corrected chi connectivity index (χ4v) is 1.92. The molecule has 0 aliphatic rings. The Morgan fingerprint density at radius 3 is 2.67 bits per heavy atom. The van der Waals surface area contributed by atoms with Gasteiger partial charge in [-0.3, -0.25) is 0 Å². The molecule has 0 saturated heterocycles. The molecule has 0 spiro atoms. The number of rotatable bonds is 6. The summed E-state index contributed by atoms with van der Waals surface area (Å²) in [4.78, 5) is 10.7. The van der Waals surface area contributed by atoms with Crippen LogP contribution in [0.15, 0.2) is 10.7 Å². The zero-order chi connectivity index (χ0) is 13.7. The number of ether oxygens (including phenoxy) is 1. The first-order valence-corrected chi connectivity index (χ1v) is 6.66. The molecular weight excluding hydrogens is 298 g/mol. The van der Waals surface area contributed by atoms with Gasteiger partial charge in [0.05, 0.1) is 12.7 Å². The van der Waals surface area contributed by atoms with Crippen LogP contribution in [0.1, 0.15) is 25.6 Å². The zero-order valence-electron chi connectivity index (χ0n) is 11.2. The summed E-state index contributed by atoms with van der Waals surface area (Å²) in [6.07, 6.45) is -0.531. The summed E-state index contributed by atoms with van der Waals surface area (Å²) in [5, 5.41) is 9.71. The van der Waals surface area contributed by atoms with E-state index in [2.05, 4.69) is 25.9 Å². The van der Waals surface area contributed by atoms with Crippen molar-refractivity contribution in [3.63, 3.8) is 0 Å². The number of hydrogen-bond donors (Lipinski definition) is 1. The van der Waals surface area contributed by atoms with Gasteiger partial charge in [0.15, 0.2) is 0 Å². The van der Waals surface area contributed by atoms with Crippen LogP contribution < -0.4 is 4.90 Å². The summed E-state index contributed by atoms with van der Waals surface area (Å²) in [6.45, 7) is 4.87. The average Bonchev–Trinajstić information content (AvgIpc) is 2.28. The summed E-state index contributed by atoms with van der Waals surface area (Å²) in [7, 11) is 3.46. The normalized spacial score (nSPS) is 12.8. The lowest BCUT2D eigenvalue weighted by Crippen LogP contribution is -2.32. The van der Waals surface area contributed by atoms with Crippen LogP contribution in [0.2, 0.25) is 0 Å². The van der Waals surface area contributed by atoms with E-state index in [4.69, 9.17) is 4.74 Å². The number of hydrogen-bond acceptors (Lipinski definition) is 5. The molecule has 1 unspecified atom stereocenters. The van der Waals surface area contributed by atoms with E-state index in [-0.39, 0.29) is 5.92 Å². The zero-order valence-corrected chi connectivity index (χ0v) is 12.8. The first kappa shape index (κ1) is 15.3. The molecule has 0 saturated carbocycles. The van der Waals surface area contributed by atoms with Gasteiger partial charge in [-0.25, -0.2) is 9.97 Å². The monoisotopic (exact) mass is 317 g/mol. The molecule has 1 rings (SSSR count). The van der Waals surface area contributed by atoms with Crippen LogP contribution in [0.4, 0.5) is 5.82 Å². The number of aliphatic hydroxyl groups is 1. The lowest BCUT2D eigenvalue weighted by atomic mass is 10.2. The van der Waals surface area contributed by atoms with E-state index in [1.807, 2.05) is 31.9 Å². The highest BCUT2D eigenvalue weighted by molar-refractivity contribution is 9.10. The number of likely N-dealkylation sites (N-methyl/N-ethyl adjacent to an activating group) is 1. The topological polar surface area (TPSA) is 58.5 Å². The predicted molar refractivity (Wildman–Crippen MR) is 75.0 cm³/mol. The van der Waals surface area contributed by atoms with Crippen molar-refractivity contribution >= 4 is 21.7 Å². The highest BCUT2D eigenvalue weighted by atomic mass is 79.9. The SMILES string of the molecule is COCC(O)CN(C)c1cc(Br)nc(C(C)C)n1. The van der Waals surface area contributed by atoms with E-state index in [1.165, 1.54) is 0 Å². The molecule has 0 fully saturated rings. The fraction of sp³-hybridized carbons (Fsp3) is 0.667. The van der Waals surface area contributed by atoms with E-state index in [1.54, 1.807) is 7.11 Å². The van der Waals surface area contributed by atoms with Crippen molar-refractivity contribution in [1.29, 1.82) is 0 Å². The number of methoxy groups -OCH3 is 1. The van der Waals surface area contributed by atoms with Crippen LogP contribution in [-0.4, -0.2) is 48.5 Å². The number of aliphatic hydroxyl groups excluding tert-OH is 1. The van der Waals surface area contributed by atoms with Gasteiger partial charge in [0.2, 0.25) is 0 Å². The molecule has 0 bridgehead atoms. The Hall–Kier alpha value is -0.720. The number of nitrogens with zero attached hydrogens (tertiary/aromatic N) is 3. The molecule has 1 aromatic rings. The van der Waals surface area contributed by atoms with Crippen molar-refractivity contribution in [3.8, 4) is 0 Å². The van der Waals surface area contributed by atoms with Crippen molar-refractivity contribution < 1.29 is 9.84 Å². The standard InChI is InChI=1S/C12H20BrN3O2/c1-8(2)12-14-10(13)5-11(15-12)16(3)6-9(17)7-18-4/h5,8-9,17H,6-7H2,1-4H3. The maximum atomic E-state index is 9.71. The molecule has 1 aromatic heterocycles. The molecular formula is C12H20BrN3O2. The lowest BCUT2D eigenvalue weighted by molar-refractivity contribution is 0.0694. The number of halogens is 1. The van der Waals surface area contributed by atoms with Crippen molar-refractivity contribution in [2.24, 2.45) is 0 Å². The van der Waals surface area contributed by atoms with Gasteiger partial charge in [0, 0.05) is 32.7 Å². The van der Waals surface area contributed by atoms with Crippen molar-refractivity contribution in [1.82, 2.24) is 9.97 Å². The second kappa shape index (κ2) is 7.01. The van der Waals surface area contributed by atoms with E-state index in [0.717, 1.165) is 16.2 Å². The molecule has 0 aliphatic carbocycles. The van der Waals surface area contributed by atoms with Crippen molar-refractivity contribution in [3.05, 3.63) is 16.5 Å². The maximum absolute atomic E-state index is 9.71. The molecule has 0 aromatic carbocycles. The van der Waals surface area contributed by atoms with Crippen LogP contribution in [0.5, 0.6) is 0 Å². The Morgan fingerprint density at radius 2 is 2.11 bits per heavy atom. The van der Waals surface area contributed by atoms with Crippen LogP contribution in [0.3, 0.4) is 0 Å². The highest BCUT2D eigenvalue weighted by Crippen LogP contribution is 2.19. The Kier molecular flexibility index (Phi) is 5.98. The van der Waals surface area contributed by atoms with Crippen molar-refractivity contribution in [2.75, 3.05) is 32.2 Å². The van der Waals surface area contributed by atoms with Gasteiger partial charge in [0.25, 0.3) is 0 Å². The minimum Gasteiger partial charge on any atom is -0.389 e. The van der Waals surface area contributed by atoms with Crippen LogP contribution in [0, 0.1) is 0 Å². The van der Waals surface area contributed by atoms with Gasteiger partial charge in [0.1, 0.15) is 16.2 Å². The Balaban J connectivity index is 2.81. The van der Waals surface area contributed by atoms with E-state index in [0.29, 0.717) is 13.2 Å². The van der Waals surface area contributed by atoms with Gasteiger partial charge in [-0.2, -0.15) is 0 Å². The van der Waals surface area contributed by atoms with Crippen LogP contribution in [0.25, 0.3) is 0 Å². The molecule has 0 radical (unpaired) electrons. The largest absolute Gasteiger partial charge is 0.389 e. The third-order valence-corrected chi connectivity index (χ3v) is 2.86. The highest BCUT2D eigenvalue weighted by Gasteiger charge is 2.13. The molecule has 6 heteroatoms. The fourth-order valence-electron chi connectivity index (χ4n) is 1.53. The second-order valence-corrected chi connectivity index (χ2v) is 5.36. The van der Waals surface area contributed by atoms with Crippen LogP contribution >= 0.6 is 15.9 Å². The van der Waals surface area contributed by atoms with Gasteiger partial charge in [-0.15, -0.1) is 0 Å². The van der Waals surface area contributed by atoms with E-state index >= 15 is 0 Å². The van der Waals surface area contributed by atoms with E-state index < -0.39 is 6.10 Å². The molecule has 0 amide bonds. The summed E-state index contributed by atoms with van der Waals surface area (Å²) in [5.74, 6) is 1.83. The predicted octanol–water partition coefficient (Wildman–Crippen LogP) is 1.81. The Bertz CT molecular complexity index is 388. The van der Waals surface area contributed by atoms with E-state index in [9.17, 15) is 5.11 Å². The molecule has 102 valence electrons. The molecule has 1 heterocycles. The molecule has 5 nitrogen and oxygen atoms in total. The number of aromatic nitrogens is 2. The Labute approximate surface area is 116 Å². The maximum Gasteiger partial charge on any atom is 0.134 e. The summed E-state index contributed by atoms with van der Waals surface area (Å²) in [5.41, 5.74) is 0. The molecule has 0 aliphatic heterocycles. The quantitative estimate of drug-likeness (QED) is 0.811. The molecule has 1 atom stereocenters. The van der Waals surface area contributed by atoms with Gasteiger partial charge < -0.3 is 14.7 Å². The summed E-state index contributed by atoms with van der Waals surface area (Å²) >= 11 is 3.38. The van der Waals surface area contributed by atoms with Crippen molar-refractivity contribution in [2.45, 2.75) is 25.9 Å². The minimum absolute atomic E-state index is 0.263. The average molecular weight is 318 g/mol. The third kappa shape index (κ3) is 4.51. The van der Waals surface area contributed by atoms with Crippen LogP contribution in [-0.2, 0) is 4.74 Å². The Morgan fingerprint density at radius 1 is 1.44 bits per heavy atom. The first-order chi connectivity index (χ1) is 8.43. The summed E-state index contributed by atoms with van der Waals surface area (Å²) in [6, 6.07) is 1.84. The third-order valence-electron chi connectivity index (χ3n) is 2.45. The molecule has 1 N–H and O–H groups in total.